The molecular formula is C10H19FN2O. The van der Waals surface area contributed by atoms with Gasteiger partial charge in [0.15, 0.2) is 0 Å². The number of amides is 1. The summed E-state index contributed by atoms with van der Waals surface area (Å²) in [5.74, 6) is -0.0685. The fraction of sp³-hybridized carbons (Fsp3) is 0.900. The molecule has 0 aliphatic carbocycles. The SMILES string of the molecule is CC(=O)N1C[C@@H](CNC(C)C)[C@H](F)C1. The Kier molecular flexibility index (Phi) is 3.86. The van der Waals surface area contributed by atoms with Crippen molar-refractivity contribution in [3.8, 4) is 0 Å². The first-order chi connectivity index (χ1) is 6.50. The van der Waals surface area contributed by atoms with Gasteiger partial charge in [0, 0.05) is 32.0 Å². The van der Waals surface area contributed by atoms with Gasteiger partial charge in [-0.05, 0) is 0 Å². The Bertz CT molecular complexity index is 208. The largest absolute Gasteiger partial charge is 0.340 e. The molecule has 82 valence electrons. The minimum Gasteiger partial charge on any atom is -0.340 e. The van der Waals surface area contributed by atoms with E-state index in [1.165, 1.54) is 6.92 Å². The van der Waals surface area contributed by atoms with Gasteiger partial charge >= 0.3 is 0 Å². The van der Waals surface area contributed by atoms with Gasteiger partial charge in [0.05, 0.1) is 6.54 Å². The molecular weight excluding hydrogens is 183 g/mol. The Hall–Kier alpha value is -0.640. The van der Waals surface area contributed by atoms with E-state index in [9.17, 15) is 9.18 Å². The van der Waals surface area contributed by atoms with E-state index >= 15 is 0 Å². The van der Waals surface area contributed by atoms with Crippen molar-refractivity contribution in [2.24, 2.45) is 5.92 Å². The van der Waals surface area contributed by atoms with Gasteiger partial charge in [0.1, 0.15) is 6.17 Å². The van der Waals surface area contributed by atoms with Gasteiger partial charge in [-0.25, -0.2) is 4.39 Å². The molecule has 1 rings (SSSR count). The molecule has 0 aromatic heterocycles. The number of hydrogen-bond donors (Lipinski definition) is 1. The highest BCUT2D eigenvalue weighted by Crippen LogP contribution is 2.19. The summed E-state index contributed by atoms with van der Waals surface area (Å²) in [6.07, 6.45) is -0.870. The summed E-state index contributed by atoms with van der Waals surface area (Å²) in [5.41, 5.74) is 0. The third-order valence-corrected chi connectivity index (χ3v) is 2.59. The van der Waals surface area contributed by atoms with Crippen LogP contribution < -0.4 is 5.32 Å². The molecule has 0 saturated carbocycles. The molecule has 1 saturated heterocycles. The van der Waals surface area contributed by atoms with Crippen molar-refractivity contribution in [3.63, 3.8) is 0 Å². The van der Waals surface area contributed by atoms with Crippen molar-refractivity contribution in [1.82, 2.24) is 10.2 Å². The average molecular weight is 202 g/mol. The van der Waals surface area contributed by atoms with Gasteiger partial charge in [-0.1, -0.05) is 13.8 Å². The first-order valence-electron chi connectivity index (χ1n) is 5.13. The van der Waals surface area contributed by atoms with E-state index in [1.807, 2.05) is 13.8 Å². The van der Waals surface area contributed by atoms with E-state index in [4.69, 9.17) is 0 Å². The summed E-state index contributed by atoms with van der Waals surface area (Å²) in [5, 5.41) is 3.20. The van der Waals surface area contributed by atoms with Crippen molar-refractivity contribution in [2.45, 2.75) is 33.0 Å². The quantitative estimate of drug-likeness (QED) is 0.734. The smallest absolute Gasteiger partial charge is 0.219 e. The number of nitrogens with zero attached hydrogens (tertiary/aromatic N) is 1. The fourth-order valence-corrected chi connectivity index (χ4v) is 1.67. The molecule has 14 heavy (non-hydrogen) atoms. The van der Waals surface area contributed by atoms with E-state index in [2.05, 4.69) is 5.32 Å². The number of likely N-dealkylation sites (tertiary alicyclic amines) is 1. The highest BCUT2D eigenvalue weighted by molar-refractivity contribution is 5.73. The van der Waals surface area contributed by atoms with Crippen LogP contribution in [-0.4, -0.2) is 42.7 Å². The Morgan fingerprint density at radius 1 is 1.57 bits per heavy atom. The van der Waals surface area contributed by atoms with Crippen molar-refractivity contribution >= 4 is 5.91 Å². The first kappa shape index (κ1) is 11.4. The van der Waals surface area contributed by atoms with Gasteiger partial charge in [0.25, 0.3) is 0 Å². The zero-order valence-corrected chi connectivity index (χ0v) is 9.09. The predicted octanol–water partition coefficient (Wildman–Crippen LogP) is 0.801. The Morgan fingerprint density at radius 3 is 2.64 bits per heavy atom. The van der Waals surface area contributed by atoms with Crippen LogP contribution in [0.5, 0.6) is 0 Å². The van der Waals surface area contributed by atoms with Crippen LogP contribution in [0.1, 0.15) is 20.8 Å². The average Bonchev–Trinajstić information content (AvgIpc) is 2.43. The molecule has 1 fully saturated rings. The predicted molar refractivity (Wildman–Crippen MR) is 53.8 cm³/mol. The zero-order valence-electron chi connectivity index (χ0n) is 9.09. The van der Waals surface area contributed by atoms with Gasteiger partial charge < -0.3 is 10.2 Å². The number of halogens is 1. The number of hydrogen-bond acceptors (Lipinski definition) is 2. The molecule has 0 aromatic rings. The van der Waals surface area contributed by atoms with Crippen molar-refractivity contribution in [1.29, 1.82) is 0 Å². The maximum absolute atomic E-state index is 13.4. The second-order valence-corrected chi connectivity index (χ2v) is 4.26. The molecule has 1 aliphatic rings. The minimum atomic E-state index is -0.870. The number of alkyl halides is 1. The van der Waals surface area contributed by atoms with Crippen molar-refractivity contribution < 1.29 is 9.18 Å². The lowest BCUT2D eigenvalue weighted by Gasteiger charge is -2.15. The van der Waals surface area contributed by atoms with Crippen molar-refractivity contribution in [3.05, 3.63) is 0 Å². The second kappa shape index (κ2) is 4.73. The monoisotopic (exact) mass is 202 g/mol. The summed E-state index contributed by atoms with van der Waals surface area (Å²) in [4.78, 5) is 12.6. The number of rotatable bonds is 3. The first-order valence-corrected chi connectivity index (χ1v) is 5.13. The molecule has 1 amide bonds. The van der Waals surface area contributed by atoms with Gasteiger partial charge in [-0.3, -0.25) is 4.79 Å². The summed E-state index contributed by atoms with van der Waals surface area (Å²) in [7, 11) is 0. The minimum absolute atomic E-state index is 0.0281. The molecule has 4 heteroatoms. The normalized spacial score (nSPS) is 27.4. The van der Waals surface area contributed by atoms with Crippen LogP contribution in [0.25, 0.3) is 0 Å². The number of carbonyl (C=O) groups is 1. The molecule has 0 radical (unpaired) electrons. The van der Waals surface area contributed by atoms with Crippen LogP contribution in [0, 0.1) is 5.92 Å². The standard InChI is InChI=1S/C10H19FN2O/c1-7(2)12-4-9-5-13(8(3)14)6-10(9)11/h7,9-10,12H,4-6H2,1-3H3/t9-,10-/m1/s1. The molecule has 0 unspecified atom stereocenters. The molecule has 1 N–H and O–H groups in total. The molecule has 3 nitrogen and oxygen atoms in total. The highest BCUT2D eigenvalue weighted by Gasteiger charge is 2.33. The third kappa shape index (κ3) is 2.94. The zero-order chi connectivity index (χ0) is 10.7. The van der Waals surface area contributed by atoms with Crippen LogP contribution in [0.4, 0.5) is 4.39 Å². The van der Waals surface area contributed by atoms with E-state index in [0.29, 0.717) is 19.1 Å². The maximum Gasteiger partial charge on any atom is 0.219 e. The molecule has 0 spiro atoms. The van der Waals surface area contributed by atoms with E-state index in [1.54, 1.807) is 4.90 Å². The lowest BCUT2D eigenvalue weighted by atomic mass is 10.1. The summed E-state index contributed by atoms with van der Waals surface area (Å²) < 4.78 is 13.4. The Morgan fingerprint density at radius 2 is 2.21 bits per heavy atom. The lowest BCUT2D eigenvalue weighted by molar-refractivity contribution is -0.128. The Balaban J connectivity index is 2.37. The van der Waals surface area contributed by atoms with Crippen LogP contribution in [0.2, 0.25) is 0 Å². The molecule has 2 atom stereocenters. The lowest BCUT2D eigenvalue weighted by Crippen LogP contribution is -2.33. The van der Waals surface area contributed by atoms with E-state index in [-0.39, 0.29) is 18.4 Å². The van der Waals surface area contributed by atoms with Crippen LogP contribution in [0.3, 0.4) is 0 Å². The molecule has 0 bridgehead atoms. The van der Waals surface area contributed by atoms with E-state index in [0.717, 1.165) is 0 Å². The molecule has 1 aliphatic heterocycles. The number of carbonyl (C=O) groups excluding carboxylic acids is 1. The molecule has 1 heterocycles. The topological polar surface area (TPSA) is 32.3 Å². The highest BCUT2D eigenvalue weighted by atomic mass is 19.1. The maximum atomic E-state index is 13.4. The molecule has 0 aromatic carbocycles. The Labute approximate surface area is 84.7 Å². The van der Waals surface area contributed by atoms with Crippen LogP contribution in [0.15, 0.2) is 0 Å². The van der Waals surface area contributed by atoms with Gasteiger partial charge in [0.2, 0.25) is 5.91 Å². The fourth-order valence-electron chi connectivity index (χ4n) is 1.67. The summed E-state index contributed by atoms with van der Waals surface area (Å²) in [6.45, 7) is 7.03. The van der Waals surface area contributed by atoms with Crippen LogP contribution in [-0.2, 0) is 4.79 Å². The van der Waals surface area contributed by atoms with Crippen LogP contribution >= 0.6 is 0 Å². The number of nitrogens with one attached hydrogen (secondary N) is 1. The van der Waals surface area contributed by atoms with Gasteiger partial charge in [-0.2, -0.15) is 0 Å². The van der Waals surface area contributed by atoms with Gasteiger partial charge in [-0.15, -0.1) is 0 Å². The summed E-state index contributed by atoms with van der Waals surface area (Å²) in [6, 6.07) is 0.369. The third-order valence-electron chi connectivity index (χ3n) is 2.59. The van der Waals surface area contributed by atoms with E-state index < -0.39 is 6.17 Å². The summed E-state index contributed by atoms with van der Waals surface area (Å²) >= 11 is 0. The van der Waals surface area contributed by atoms with Crippen molar-refractivity contribution in [2.75, 3.05) is 19.6 Å². The second-order valence-electron chi connectivity index (χ2n) is 4.26.